The van der Waals surface area contributed by atoms with Gasteiger partial charge in [-0.3, -0.25) is 4.90 Å². The van der Waals surface area contributed by atoms with Gasteiger partial charge in [0.15, 0.2) is 0 Å². The Bertz CT molecular complexity index is 700. The van der Waals surface area contributed by atoms with Gasteiger partial charge in [-0.1, -0.05) is 46.3 Å². The Morgan fingerprint density at radius 1 is 1.17 bits per heavy atom. The number of nitrogens with zero attached hydrogens (tertiary/aromatic N) is 1. The highest BCUT2D eigenvalue weighted by atomic mass is 79.9. The van der Waals surface area contributed by atoms with Gasteiger partial charge in [0.1, 0.15) is 11.0 Å². The molecule has 0 aliphatic carbocycles. The molecule has 0 bridgehead atoms. The van der Waals surface area contributed by atoms with Crippen LogP contribution in [0.1, 0.15) is 24.0 Å². The van der Waals surface area contributed by atoms with E-state index in [-0.39, 0.29) is 0 Å². The maximum atomic E-state index is 12.5. The topological polar surface area (TPSA) is 32.3 Å². The predicted octanol–water partition coefficient (Wildman–Crippen LogP) is 4.03. The van der Waals surface area contributed by atoms with Gasteiger partial charge >= 0.3 is 0 Å². The Balaban J connectivity index is 1.50. The molecular weight excluding hydrogens is 384 g/mol. The van der Waals surface area contributed by atoms with Gasteiger partial charge in [-0.2, -0.15) is 0 Å². The van der Waals surface area contributed by atoms with E-state index in [1.165, 1.54) is 5.56 Å². The van der Waals surface area contributed by atoms with E-state index in [0.717, 1.165) is 47.4 Å². The van der Waals surface area contributed by atoms with Crippen molar-refractivity contribution >= 4 is 26.9 Å². The quantitative estimate of drug-likeness (QED) is 0.812. The smallest absolute Gasteiger partial charge is 0.125 e. The van der Waals surface area contributed by atoms with Crippen LogP contribution in [0.4, 0.5) is 0 Å². The van der Waals surface area contributed by atoms with Crippen molar-refractivity contribution in [2.75, 3.05) is 13.1 Å². The van der Waals surface area contributed by atoms with Gasteiger partial charge in [0.25, 0.3) is 0 Å². The molecule has 1 aliphatic rings. The summed E-state index contributed by atoms with van der Waals surface area (Å²) in [6.45, 7) is 5.11. The van der Waals surface area contributed by atoms with E-state index in [4.69, 9.17) is 0 Å². The minimum Gasteiger partial charge on any atom is -0.299 e. The van der Waals surface area contributed by atoms with E-state index in [1.807, 2.05) is 25.1 Å². The van der Waals surface area contributed by atoms with Crippen LogP contribution >= 0.6 is 15.9 Å². The monoisotopic (exact) mass is 406 g/mol. The Morgan fingerprint density at radius 3 is 2.54 bits per heavy atom. The second-order valence-corrected chi connectivity index (χ2v) is 8.43. The molecule has 1 unspecified atom stereocenters. The molecule has 0 aromatic heterocycles. The van der Waals surface area contributed by atoms with Gasteiger partial charge in [-0.25, -0.2) is 8.93 Å². The third-order valence-corrected chi connectivity index (χ3v) is 6.57. The third kappa shape index (κ3) is 4.76. The molecule has 3 rings (SSSR count). The number of benzene rings is 2. The Morgan fingerprint density at radius 2 is 1.88 bits per heavy atom. The summed E-state index contributed by atoms with van der Waals surface area (Å²) in [6.07, 6.45) is 2.07. The van der Waals surface area contributed by atoms with Crippen molar-refractivity contribution < 1.29 is 4.21 Å². The number of hydrogen-bond donors (Lipinski definition) is 1. The van der Waals surface area contributed by atoms with Crippen molar-refractivity contribution in [1.82, 2.24) is 9.62 Å². The summed E-state index contributed by atoms with van der Waals surface area (Å²) in [5, 5.41) is 0. The standard InChI is InChI=1S/C19H23BrN2OS/c1-15-13-18(7-8-19(15)20)24(23)21-17-9-11-22(12-10-17)14-16-5-3-2-4-6-16/h2-8,13,17,21H,9-12,14H2,1H3. The van der Waals surface area contributed by atoms with Crippen LogP contribution in [0, 0.1) is 6.92 Å². The molecule has 24 heavy (non-hydrogen) atoms. The van der Waals surface area contributed by atoms with Crippen LogP contribution in [-0.2, 0) is 17.5 Å². The first kappa shape index (κ1) is 17.8. The Kier molecular flexibility index (Phi) is 6.22. The SMILES string of the molecule is Cc1cc(S(=O)NC2CCN(Cc3ccccc3)CC2)ccc1Br. The summed E-state index contributed by atoms with van der Waals surface area (Å²) in [7, 11) is -1.14. The van der Waals surface area contributed by atoms with Crippen molar-refractivity contribution in [3.63, 3.8) is 0 Å². The zero-order valence-electron chi connectivity index (χ0n) is 13.9. The van der Waals surface area contributed by atoms with Crippen LogP contribution in [0.2, 0.25) is 0 Å². The number of nitrogens with one attached hydrogen (secondary N) is 1. The van der Waals surface area contributed by atoms with Gasteiger partial charge in [0.05, 0.1) is 4.90 Å². The molecule has 1 saturated heterocycles. The lowest BCUT2D eigenvalue weighted by molar-refractivity contribution is 0.200. The Labute approximate surface area is 155 Å². The van der Waals surface area contributed by atoms with E-state index in [2.05, 4.69) is 55.9 Å². The molecule has 2 aromatic carbocycles. The van der Waals surface area contributed by atoms with Gasteiger partial charge < -0.3 is 0 Å². The summed E-state index contributed by atoms with van der Waals surface area (Å²) in [5.74, 6) is 0. The van der Waals surface area contributed by atoms with Crippen LogP contribution in [0.15, 0.2) is 57.9 Å². The van der Waals surface area contributed by atoms with Crippen LogP contribution < -0.4 is 4.72 Å². The number of rotatable bonds is 5. The fraction of sp³-hybridized carbons (Fsp3) is 0.368. The third-order valence-electron chi connectivity index (χ3n) is 4.45. The van der Waals surface area contributed by atoms with Gasteiger partial charge in [-0.15, -0.1) is 0 Å². The van der Waals surface area contributed by atoms with Crippen LogP contribution in [0.3, 0.4) is 0 Å². The van der Waals surface area contributed by atoms with Gasteiger partial charge in [-0.05, 0) is 49.1 Å². The van der Waals surface area contributed by atoms with E-state index in [9.17, 15) is 4.21 Å². The zero-order chi connectivity index (χ0) is 16.9. The molecule has 1 aliphatic heterocycles. The molecule has 0 spiro atoms. The van der Waals surface area contributed by atoms with Crippen molar-refractivity contribution in [3.8, 4) is 0 Å². The number of aryl methyl sites for hydroxylation is 1. The first-order valence-corrected chi connectivity index (χ1v) is 10.3. The molecule has 5 heteroatoms. The normalized spacial score (nSPS) is 17.8. The first-order valence-electron chi connectivity index (χ1n) is 8.32. The predicted molar refractivity (Wildman–Crippen MR) is 103 cm³/mol. The lowest BCUT2D eigenvalue weighted by Gasteiger charge is -2.32. The van der Waals surface area contributed by atoms with Crippen molar-refractivity contribution in [3.05, 3.63) is 64.1 Å². The molecule has 1 atom stereocenters. The van der Waals surface area contributed by atoms with Crippen LogP contribution in [0.5, 0.6) is 0 Å². The van der Waals surface area contributed by atoms with Gasteiger partial charge in [0, 0.05) is 30.1 Å². The summed E-state index contributed by atoms with van der Waals surface area (Å²) >= 11 is 3.49. The lowest BCUT2D eigenvalue weighted by atomic mass is 10.1. The molecule has 1 fully saturated rings. The molecule has 0 saturated carbocycles. The van der Waals surface area contributed by atoms with E-state index in [1.54, 1.807) is 0 Å². The van der Waals surface area contributed by atoms with Crippen LogP contribution in [-0.4, -0.2) is 28.2 Å². The van der Waals surface area contributed by atoms with E-state index < -0.39 is 11.0 Å². The fourth-order valence-corrected chi connectivity index (χ4v) is 4.40. The number of halogens is 1. The fourth-order valence-electron chi connectivity index (χ4n) is 3.00. The highest BCUT2D eigenvalue weighted by Gasteiger charge is 2.21. The molecule has 128 valence electrons. The average molecular weight is 407 g/mol. The van der Waals surface area contributed by atoms with Crippen molar-refractivity contribution in [2.24, 2.45) is 0 Å². The Hall–Kier alpha value is -1.01. The first-order chi connectivity index (χ1) is 11.6. The second-order valence-electron chi connectivity index (χ2n) is 6.33. The largest absolute Gasteiger partial charge is 0.299 e. The maximum absolute atomic E-state index is 12.5. The minimum absolute atomic E-state index is 0.321. The summed E-state index contributed by atoms with van der Waals surface area (Å²) in [5.41, 5.74) is 2.47. The number of hydrogen-bond acceptors (Lipinski definition) is 2. The summed E-state index contributed by atoms with van der Waals surface area (Å²) in [6, 6.07) is 16.8. The molecule has 2 aromatic rings. The molecule has 0 amide bonds. The molecule has 1 heterocycles. The zero-order valence-corrected chi connectivity index (χ0v) is 16.3. The van der Waals surface area contributed by atoms with Crippen molar-refractivity contribution in [1.29, 1.82) is 0 Å². The second kappa shape index (κ2) is 8.39. The van der Waals surface area contributed by atoms with Gasteiger partial charge in [0.2, 0.25) is 0 Å². The minimum atomic E-state index is -1.14. The highest BCUT2D eigenvalue weighted by Crippen LogP contribution is 2.20. The molecule has 1 N–H and O–H groups in total. The molecule has 3 nitrogen and oxygen atoms in total. The van der Waals surface area contributed by atoms with E-state index in [0.29, 0.717) is 6.04 Å². The lowest BCUT2D eigenvalue weighted by Crippen LogP contribution is -2.42. The molecular formula is C19H23BrN2OS. The van der Waals surface area contributed by atoms with E-state index >= 15 is 0 Å². The summed E-state index contributed by atoms with van der Waals surface area (Å²) in [4.78, 5) is 3.32. The maximum Gasteiger partial charge on any atom is 0.125 e. The summed E-state index contributed by atoms with van der Waals surface area (Å²) < 4.78 is 16.9. The van der Waals surface area contributed by atoms with Crippen LogP contribution in [0.25, 0.3) is 0 Å². The average Bonchev–Trinajstić information content (AvgIpc) is 2.60. The number of likely N-dealkylation sites (tertiary alicyclic amines) is 1. The van der Waals surface area contributed by atoms with Crippen molar-refractivity contribution in [2.45, 2.75) is 37.2 Å². The molecule has 0 radical (unpaired) electrons. The number of piperidine rings is 1. The highest BCUT2D eigenvalue weighted by molar-refractivity contribution is 9.10.